The van der Waals surface area contributed by atoms with Crippen molar-refractivity contribution in [1.29, 1.82) is 0 Å². The molecule has 27 heavy (non-hydrogen) atoms. The second kappa shape index (κ2) is 8.93. The number of nitrogens with zero attached hydrogens (tertiary/aromatic N) is 1. The third kappa shape index (κ3) is 5.14. The number of ether oxygens (including phenoxy) is 2. The molecule has 7 heteroatoms. The topological polar surface area (TPSA) is 67.9 Å². The Balaban J connectivity index is 1.66. The van der Waals surface area contributed by atoms with Crippen LogP contribution in [-0.2, 0) is 14.3 Å². The SMILES string of the molecule is COc1ccc(Cl)cc1NC(=O)CC1(CC(=O)N2CCOCC2)CCCC1. The van der Waals surface area contributed by atoms with Crippen LogP contribution in [0.5, 0.6) is 5.75 Å². The van der Waals surface area contributed by atoms with Crippen molar-refractivity contribution in [2.45, 2.75) is 38.5 Å². The zero-order chi connectivity index (χ0) is 19.3. The largest absolute Gasteiger partial charge is 0.495 e. The van der Waals surface area contributed by atoms with Gasteiger partial charge in [-0.1, -0.05) is 24.4 Å². The van der Waals surface area contributed by atoms with E-state index in [1.54, 1.807) is 25.3 Å². The second-order valence-electron chi connectivity index (χ2n) is 7.45. The van der Waals surface area contributed by atoms with Crippen molar-refractivity contribution >= 4 is 29.1 Å². The number of benzene rings is 1. The van der Waals surface area contributed by atoms with Gasteiger partial charge in [0.25, 0.3) is 0 Å². The molecule has 2 aliphatic rings. The van der Waals surface area contributed by atoms with Gasteiger partial charge in [-0.05, 0) is 36.5 Å². The van der Waals surface area contributed by atoms with Crippen LogP contribution in [0.2, 0.25) is 5.02 Å². The first-order chi connectivity index (χ1) is 13.0. The van der Waals surface area contributed by atoms with E-state index in [2.05, 4.69) is 5.32 Å². The minimum atomic E-state index is -0.259. The molecule has 6 nitrogen and oxygen atoms in total. The van der Waals surface area contributed by atoms with E-state index in [1.807, 2.05) is 4.90 Å². The summed E-state index contributed by atoms with van der Waals surface area (Å²) in [6.07, 6.45) is 4.69. The lowest BCUT2D eigenvalue weighted by atomic mass is 9.78. The minimum Gasteiger partial charge on any atom is -0.495 e. The summed E-state index contributed by atoms with van der Waals surface area (Å²) in [5, 5.41) is 3.45. The maximum absolute atomic E-state index is 12.8. The lowest BCUT2D eigenvalue weighted by Crippen LogP contribution is -2.43. The van der Waals surface area contributed by atoms with Crippen LogP contribution in [0, 0.1) is 5.41 Å². The Bertz CT molecular complexity index is 683. The monoisotopic (exact) mass is 394 g/mol. The van der Waals surface area contributed by atoms with Gasteiger partial charge in [-0.15, -0.1) is 0 Å². The number of carbonyl (C=O) groups is 2. The fourth-order valence-electron chi connectivity index (χ4n) is 4.10. The van der Waals surface area contributed by atoms with E-state index in [1.165, 1.54) is 0 Å². The fourth-order valence-corrected chi connectivity index (χ4v) is 4.27. The number of hydrogen-bond acceptors (Lipinski definition) is 4. The summed E-state index contributed by atoms with van der Waals surface area (Å²) in [6.45, 7) is 2.46. The molecule has 0 atom stereocenters. The van der Waals surface area contributed by atoms with Crippen molar-refractivity contribution in [1.82, 2.24) is 4.90 Å². The van der Waals surface area contributed by atoms with Crippen LogP contribution in [0.1, 0.15) is 38.5 Å². The average Bonchev–Trinajstić information content (AvgIpc) is 3.10. The molecule has 2 fully saturated rings. The lowest BCUT2D eigenvalue weighted by molar-refractivity contribution is -0.138. The van der Waals surface area contributed by atoms with Crippen LogP contribution < -0.4 is 10.1 Å². The predicted molar refractivity (Wildman–Crippen MR) is 104 cm³/mol. The summed E-state index contributed by atoms with van der Waals surface area (Å²) < 4.78 is 10.6. The molecule has 1 aromatic carbocycles. The lowest BCUT2D eigenvalue weighted by Gasteiger charge is -2.33. The van der Waals surface area contributed by atoms with Crippen LogP contribution >= 0.6 is 11.6 Å². The van der Waals surface area contributed by atoms with Crippen molar-refractivity contribution in [3.8, 4) is 5.75 Å². The Morgan fingerprint density at radius 1 is 1.22 bits per heavy atom. The third-order valence-corrected chi connectivity index (χ3v) is 5.76. The first-order valence-electron chi connectivity index (χ1n) is 9.50. The van der Waals surface area contributed by atoms with E-state index in [0.717, 1.165) is 25.7 Å². The summed E-state index contributed by atoms with van der Waals surface area (Å²) in [7, 11) is 1.55. The van der Waals surface area contributed by atoms with Gasteiger partial charge in [0, 0.05) is 31.0 Å². The van der Waals surface area contributed by atoms with Gasteiger partial charge in [0.2, 0.25) is 11.8 Å². The molecule has 1 saturated carbocycles. The highest BCUT2D eigenvalue weighted by Crippen LogP contribution is 2.45. The molecule has 148 valence electrons. The van der Waals surface area contributed by atoms with E-state index in [0.29, 0.717) is 55.6 Å². The highest BCUT2D eigenvalue weighted by Gasteiger charge is 2.39. The molecular weight excluding hydrogens is 368 g/mol. The smallest absolute Gasteiger partial charge is 0.225 e. The van der Waals surface area contributed by atoms with Gasteiger partial charge < -0.3 is 19.7 Å². The van der Waals surface area contributed by atoms with E-state index in [-0.39, 0.29) is 17.2 Å². The summed E-state index contributed by atoms with van der Waals surface area (Å²) in [6, 6.07) is 5.12. The maximum atomic E-state index is 12.8. The Morgan fingerprint density at radius 3 is 2.59 bits per heavy atom. The molecule has 1 aliphatic heterocycles. The van der Waals surface area contributed by atoms with Crippen LogP contribution in [0.3, 0.4) is 0 Å². The molecule has 2 amide bonds. The zero-order valence-electron chi connectivity index (χ0n) is 15.8. The van der Waals surface area contributed by atoms with Crippen molar-refractivity contribution in [3.05, 3.63) is 23.2 Å². The maximum Gasteiger partial charge on any atom is 0.225 e. The zero-order valence-corrected chi connectivity index (χ0v) is 16.5. The van der Waals surface area contributed by atoms with Gasteiger partial charge in [-0.2, -0.15) is 0 Å². The van der Waals surface area contributed by atoms with Gasteiger partial charge in [0.05, 0.1) is 26.0 Å². The first kappa shape index (κ1) is 20.0. The number of hydrogen-bond donors (Lipinski definition) is 1. The highest BCUT2D eigenvalue weighted by atomic mass is 35.5. The van der Waals surface area contributed by atoms with E-state index in [9.17, 15) is 9.59 Å². The number of methoxy groups -OCH3 is 1. The molecule has 1 aromatic rings. The molecule has 0 unspecified atom stereocenters. The summed E-state index contributed by atoms with van der Waals surface area (Å²) in [5.41, 5.74) is 0.299. The van der Waals surface area contributed by atoms with Crippen molar-refractivity contribution < 1.29 is 19.1 Å². The molecule has 1 heterocycles. The highest BCUT2D eigenvalue weighted by molar-refractivity contribution is 6.31. The Labute approximate surface area is 165 Å². The summed E-state index contributed by atoms with van der Waals surface area (Å²) in [4.78, 5) is 27.4. The quantitative estimate of drug-likeness (QED) is 0.802. The molecule has 0 bridgehead atoms. The van der Waals surface area contributed by atoms with Gasteiger partial charge in [-0.25, -0.2) is 0 Å². The van der Waals surface area contributed by atoms with Gasteiger partial charge >= 0.3 is 0 Å². The normalized spacial score (nSPS) is 19.0. The number of morpholine rings is 1. The Hall–Kier alpha value is -1.79. The number of rotatable bonds is 6. The minimum absolute atomic E-state index is 0.104. The van der Waals surface area contributed by atoms with Crippen LogP contribution in [0.25, 0.3) is 0 Å². The van der Waals surface area contributed by atoms with E-state index in [4.69, 9.17) is 21.1 Å². The predicted octanol–water partition coefficient (Wildman–Crippen LogP) is 3.49. The molecular formula is C20H27ClN2O4. The fraction of sp³-hybridized carbons (Fsp3) is 0.600. The standard InChI is InChI=1S/C20H27ClN2O4/c1-26-17-5-4-15(21)12-16(17)22-18(24)13-20(6-2-3-7-20)14-19(25)23-8-10-27-11-9-23/h4-5,12H,2-3,6-11,13-14H2,1H3,(H,22,24). The van der Waals surface area contributed by atoms with Gasteiger partial charge in [0.1, 0.15) is 5.75 Å². The van der Waals surface area contributed by atoms with Crippen molar-refractivity contribution in [3.63, 3.8) is 0 Å². The molecule has 1 aliphatic carbocycles. The molecule has 0 radical (unpaired) electrons. The number of halogens is 1. The number of carbonyl (C=O) groups excluding carboxylic acids is 2. The van der Waals surface area contributed by atoms with Crippen LogP contribution in [-0.4, -0.2) is 50.1 Å². The average molecular weight is 395 g/mol. The van der Waals surface area contributed by atoms with Crippen LogP contribution in [0.15, 0.2) is 18.2 Å². The first-order valence-corrected chi connectivity index (χ1v) is 9.88. The second-order valence-corrected chi connectivity index (χ2v) is 7.88. The molecule has 1 saturated heterocycles. The van der Waals surface area contributed by atoms with Gasteiger partial charge in [0.15, 0.2) is 0 Å². The summed E-state index contributed by atoms with van der Waals surface area (Å²) >= 11 is 6.04. The third-order valence-electron chi connectivity index (χ3n) is 5.53. The van der Waals surface area contributed by atoms with Gasteiger partial charge in [-0.3, -0.25) is 9.59 Å². The van der Waals surface area contributed by atoms with Crippen LogP contribution in [0.4, 0.5) is 5.69 Å². The summed E-state index contributed by atoms with van der Waals surface area (Å²) in [5.74, 6) is 0.596. The number of anilines is 1. The Kier molecular flexibility index (Phi) is 6.60. The molecule has 1 N–H and O–H groups in total. The molecule has 0 aromatic heterocycles. The molecule has 3 rings (SSSR count). The van der Waals surface area contributed by atoms with Crippen molar-refractivity contribution in [2.24, 2.45) is 5.41 Å². The molecule has 0 spiro atoms. The number of amides is 2. The Morgan fingerprint density at radius 2 is 1.93 bits per heavy atom. The van der Waals surface area contributed by atoms with E-state index >= 15 is 0 Å². The number of nitrogens with one attached hydrogen (secondary N) is 1. The van der Waals surface area contributed by atoms with Crippen molar-refractivity contribution in [2.75, 3.05) is 38.7 Å². The van der Waals surface area contributed by atoms with E-state index < -0.39 is 0 Å².